The Morgan fingerprint density at radius 1 is 1.45 bits per heavy atom. The van der Waals surface area contributed by atoms with Crippen LogP contribution in [0, 0.1) is 0 Å². The van der Waals surface area contributed by atoms with Gasteiger partial charge in [0.25, 0.3) is 5.91 Å². The van der Waals surface area contributed by atoms with Crippen LogP contribution in [0.5, 0.6) is 0 Å². The third-order valence-corrected chi connectivity index (χ3v) is 4.08. The number of nitrogens with one attached hydrogen (secondary N) is 1. The summed E-state index contributed by atoms with van der Waals surface area (Å²) < 4.78 is 1.02. The minimum Gasteiger partial charge on any atom is -0.409 e. The van der Waals surface area contributed by atoms with E-state index in [0.29, 0.717) is 12.1 Å². The molecule has 20 heavy (non-hydrogen) atoms. The summed E-state index contributed by atoms with van der Waals surface area (Å²) in [5, 5.41) is 14.2. The van der Waals surface area contributed by atoms with Gasteiger partial charge in [0.1, 0.15) is 5.69 Å². The van der Waals surface area contributed by atoms with Crippen LogP contribution in [0.3, 0.4) is 0 Å². The van der Waals surface area contributed by atoms with E-state index < -0.39 is 0 Å². The van der Waals surface area contributed by atoms with Crippen LogP contribution in [-0.4, -0.2) is 21.9 Å². The summed E-state index contributed by atoms with van der Waals surface area (Å²) in [7, 11) is 0. The molecule has 0 unspecified atom stereocenters. The maximum absolute atomic E-state index is 11.9. The predicted molar refractivity (Wildman–Crippen MR) is 79.9 cm³/mol. The van der Waals surface area contributed by atoms with Crippen LogP contribution in [0.25, 0.3) is 0 Å². The Morgan fingerprint density at radius 2 is 2.25 bits per heavy atom. The molecule has 1 amide bonds. The summed E-state index contributed by atoms with van der Waals surface area (Å²) in [4.78, 5) is 16.9. The van der Waals surface area contributed by atoms with Crippen molar-refractivity contribution in [1.82, 2.24) is 10.3 Å². The summed E-state index contributed by atoms with van der Waals surface area (Å²) in [5.74, 6) is -0.325. The molecule has 0 saturated carbocycles. The van der Waals surface area contributed by atoms with E-state index in [-0.39, 0.29) is 17.4 Å². The second-order valence-corrected chi connectivity index (χ2v) is 6.35. The lowest BCUT2D eigenvalue weighted by Gasteiger charge is -2.04. The number of nitrogens with two attached hydrogens (primary N) is 1. The van der Waals surface area contributed by atoms with Crippen molar-refractivity contribution in [1.29, 1.82) is 0 Å². The molecule has 4 N–H and O–H groups in total. The van der Waals surface area contributed by atoms with Crippen LogP contribution in [0.2, 0.25) is 0 Å². The van der Waals surface area contributed by atoms with Gasteiger partial charge in [-0.15, -0.1) is 11.3 Å². The molecule has 0 atom stereocenters. The molecule has 0 fully saturated rings. The topological polar surface area (TPSA) is 101 Å². The normalized spacial score (nSPS) is 11.3. The molecule has 6 nitrogen and oxygen atoms in total. The van der Waals surface area contributed by atoms with Crippen molar-refractivity contribution in [2.45, 2.75) is 6.54 Å². The highest BCUT2D eigenvalue weighted by Crippen LogP contribution is 2.21. The molecule has 2 aromatic heterocycles. The van der Waals surface area contributed by atoms with Crippen molar-refractivity contribution in [3.05, 3.63) is 50.4 Å². The van der Waals surface area contributed by atoms with Crippen molar-refractivity contribution < 1.29 is 10.0 Å². The number of thiophene rings is 1. The number of rotatable bonds is 4. The van der Waals surface area contributed by atoms with Gasteiger partial charge in [-0.25, -0.2) is 0 Å². The molecule has 0 aliphatic rings. The Hall–Kier alpha value is -1.93. The first-order valence-corrected chi connectivity index (χ1v) is 7.17. The van der Waals surface area contributed by atoms with E-state index in [9.17, 15) is 4.79 Å². The summed E-state index contributed by atoms with van der Waals surface area (Å²) in [6.45, 7) is 0.443. The quantitative estimate of drug-likeness (QED) is 0.338. The first-order valence-electron chi connectivity index (χ1n) is 5.56. The van der Waals surface area contributed by atoms with E-state index in [1.165, 1.54) is 12.3 Å². The number of nitrogens with zero attached hydrogens (tertiary/aromatic N) is 2. The maximum atomic E-state index is 11.9. The van der Waals surface area contributed by atoms with Gasteiger partial charge in [-0.2, -0.15) is 0 Å². The van der Waals surface area contributed by atoms with Crippen molar-refractivity contribution in [2.24, 2.45) is 10.9 Å². The highest BCUT2D eigenvalue weighted by atomic mass is 79.9. The Bertz CT molecular complexity index is 639. The third-order valence-electron chi connectivity index (χ3n) is 2.45. The van der Waals surface area contributed by atoms with Crippen molar-refractivity contribution in [2.75, 3.05) is 0 Å². The zero-order valence-electron chi connectivity index (χ0n) is 10.2. The molecule has 0 aromatic carbocycles. The molecule has 0 bridgehead atoms. The fraction of sp³-hybridized carbons (Fsp3) is 0.0833. The maximum Gasteiger partial charge on any atom is 0.270 e. The van der Waals surface area contributed by atoms with Gasteiger partial charge in [0.15, 0.2) is 5.84 Å². The molecule has 2 heterocycles. The lowest BCUT2D eigenvalue weighted by Crippen LogP contribution is -2.23. The number of hydrogen-bond donors (Lipinski definition) is 3. The summed E-state index contributed by atoms with van der Waals surface area (Å²) in [5.41, 5.74) is 6.14. The van der Waals surface area contributed by atoms with Crippen LogP contribution >= 0.6 is 27.3 Å². The van der Waals surface area contributed by atoms with Gasteiger partial charge in [0.2, 0.25) is 0 Å². The average Bonchev–Trinajstić information content (AvgIpc) is 2.89. The third kappa shape index (κ3) is 3.55. The molecule has 0 aliphatic heterocycles. The molecular formula is C12H11BrN4O2S. The monoisotopic (exact) mass is 354 g/mol. The standard InChI is InChI=1S/C12H11BrN4O2S/c13-10-4-2-8(20-10)6-16-12(18)9-3-1-7(5-15-9)11(14)17-19/h1-5,19H,6H2,(H2,14,17)(H,16,18). The summed E-state index contributed by atoms with van der Waals surface area (Å²) in [6.07, 6.45) is 1.38. The largest absolute Gasteiger partial charge is 0.409 e. The molecule has 0 radical (unpaired) electrons. The van der Waals surface area contributed by atoms with Crippen LogP contribution < -0.4 is 11.1 Å². The van der Waals surface area contributed by atoms with Crippen LogP contribution in [0.15, 0.2) is 39.4 Å². The summed E-state index contributed by atoms with van der Waals surface area (Å²) in [6, 6.07) is 6.95. The highest BCUT2D eigenvalue weighted by molar-refractivity contribution is 9.11. The lowest BCUT2D eigenvalue weighted by molar-refractivity contribution is 0.0946. The number of carbonyl (C=O) groups is 1. The molecule has 0 spiro atoms. The zero-order chi connectivity index (χ0) is 14.5. The second-order valence-electron chi connectivity index (χ2n) is 3.81. The Kier molecular flexibility index (Phi) is 4.70. The Morgan fingerprint density at radius 3 is 2.80 bits per heavy atom. The highest BCUT2D eigenvalue weighted by Gasteiger charge is 2.08. The van der Waals surface area contributed by atoms with E-state index in [1.54, 1.807) is 17.4 Å². The van der Waals surface area contributed by atoms with Gasteiger partial charge in [-0.3, -0.25) is 9.78 Å². The van der Waals surface area contributed by atoms with Crippen molar-refractivity contribution in [3.63, 3.8) is 0 Å². The van der Waals surface area contributed by atoms with E-state index in [2.05, 4.69) is 31.4 Å². The van der Waals surface area contributed by atoms with Crippen LogP contribution in [0.1, 0.15) is 20.9 Å². The van der Waals surface area contributed by atoms with E-state index >= 15 is 0 Å². The SMILES string of the molecule is NC(=NO)c1ccc(C(=O)NCc2ccc(Br)s2)nc1. The predicted octanol–water partition coefficient (Wildman–Crippen LogP) is 1.93. The van der Waals surface area contributed by atoms with E-state index in [0.717, 1.165) is 8.66 Å². The van der Waals surface area contributed by atoms with Crippen molar-refractivity contribution >= 4 is 39.0 Å². The lowest BCUT2D eigenvalue weighted by atomic mass is 10.2. The van der Waals surface area contributed by atoms with Crippen LogP contribution in [-0.2, 0) is 6.54 Å². The number of amidine groups is 1. The number of aromatic nitrogens is 1. The molecule has 104 valence electrons. The minimum atomic E-state index is -0.277. The number of amides is 1. The van der Waals surface area contributed by atoms with Crippen LogP contribution in [0.4, 0.5) is 0 Å². The Labute approximate surface area is 127 Å². The molecule has 0 saturated heterocycles. The smallest absolute Gasteiger partial charge is 0.270 e. The average molecular weight is 355 g/mol. The number of pyridine rings is 1. The van der Waals surface area contributed by atoms with Gasteiger partial charge in [0.05, 0.1) is 10.3 Å². The number of oxime groups is 1. The molecule has 2 rings (SSSR count). The molecular weight excluding hydrogens is 344 g/mol. The first kappa shape index (κ1) is 14.5. The van der Waals surface area contributed by atoms with Gasteiger partial charge >= 0.3 is 0 Å². The number of halogens is 1. The fourth-order valence-electron chi connectivity index (χ4n) is 1.44. The van der Waals surface area contributed by atoms with Gasteiger partial charge in [-0.1, -0.05) is 5.16 Å². The van der Waals surface area contributed by atoms with Gasteiger partial charge < -0.3 is 16.3 Å². The second kappa shape index (κ2) is 6.49. The van der Waals surface area contributed by atoms with E-state index in [1.807, 2.05) is 12.1 Å². The Balaban J connectivity index is 1.99. The first-order chi connectivity index (χ1) is 9.60. The van der Waals surface area contributed by atoms with E-state index in [4.69, 9.17) is 10.9 Å². The number of carbonyl (C=O) groups excluding carboxylic acids is 1. The fourth-order valence-corrected chi connectivity index (χ4v) is 2.87. The van der Waals surface area contributed by atoms with Crippen molar-refractivity contribution in [3.8, 4) is 0 Å². The van der Waals surface area contributed by atoms with Gasteiger partial charge in [-0.05, 0) is 40.2 Å². The zero-order valence-corrected chi connectivity index (χ0v) is 12.6. The molecule has 0 aliphatic carbocycles. The number of hydrogen-bond acceptors (Lipinski definition) is 5. The van der Waals surface area contributed by atoms with Gasteiger partial charge in [0, 0.05) is 16.6 Å². The minimum absolute atomic E-state index is 0.0482. The molecule has 2 aromatic rings. The summed E-state index contributed by atoms with van der Waals surface area (Å²) >= 11 is 4.92. The molecule has 8 heteroatoms.